The average Bonchev–Trinajstić information content (AvgIpc) is 2.65. The van der Waals surface area contributed by atoms with Crippen LogP contribution < -0.4 is 0 Å². The smallest absolute Gasteiger partial charge is 0.269 e. The lowest BCUT2D eigenvalue weighted by Gasteiger charge is -2.27. The Morgan fingerprint density at radius 2 is 1.36 bits per heavy atom. The van der Waals surface area contributed by atoms with Gasteiger partial charge in [0.25, 0.3) is 5.69 Å². The molecule has 4 rings (SSSR count). The van der Waals surface area contributed by atoms with E-state index in [2.05, 4.69) is 0 Å². The number of fused-ring (bicyclic) bond motifs is 2. The molecule has 122 valence electrons. The monoisotopic (exact) mass is 329 g/mol. The molecule has 3 aromatic rings. The van der Waals surface area contributed by atoms with Crippen molar-refractivity contribution in [1.82, 2.24) is 0 Å². The highest BCUT2D eigenvalue weighted by Crippen LogP contribution is 2.42. The summed E-state index contributed by atoms with van der Waals surface area (Å²) in [4.78, 5) is 10.4. The second-order valence-corrected chi connectivity index (χ2v) is 5.98. The molecule has 0 amide bonds. The predicted molar refractivity (Wildman–Crippen MR) is 97.0 cm³/mol. The molecule has 0 radical (unpaired) electrons. The van der Waals surface area contributed by atoms with Gasteiger partial charge in [-0.2, -0.15) is 0 Å². The van der Waals surface area contributed by atoms with Crippen LogP contribution in [0.3, 0.4) is 0 Å². The minimum absolute atomic E-state index is 0.0713. The Balaban J connectivity index is 1.89. The normalized spacial score (nSPS) is 15.2. The molecule has 1 aliphatic rings. The number of aliphatic hydroxyl groups excluding tert-OH is 1. The van der Waals surface area contributed by atoms with Crippen LogP contribution in [0, 0.1) is 10.1 Å². The number of non-ortho nitro benzene ring substituents is 1. The molecule has 0 aromatic heterocycles. The van der Waals surface area contributed by atoms with Crippen molar-refractivity contribution >= 4 is 17.3 Å². The summed E-state index contributed by atoms with van der Waals surface area (Å²) < 4.78 is 0. The van der Waals surface area contributed by atoms with Crippen molar-refractivity contribution in [3.63, 3.8) is 0 Å². The van der Waals surface area contributed by atoms with Crippen LogP contribution >= 0.6 is 0 Å². The van der Waals surface area contributed by atoms with Gasteiger partial charge in [-0.3, -0.25) is 10.1 Å². The standard InChI is InChI=1S/C21H15NO3/c23-21-18-7-3-1-5-16(18)20(17-6-2-4-8-19(17)21)13-14-9-11-15(12-10-14)22(24)25/h1-13,21,23H. The number of hydrogen-bond donors (Lipinski definition) is 1. The van der Waals surface area contributed by atoms with Crippen molar-refractivity contribution in [2.75, 3.05) is 0 Å². The second-order valence-electron chi connectivity index (χ2n) is 5.98. The van der Waals surface area contributed by atoms with E-state index >= 15 is 0 Å². The van der Waals surface area contributed by atoms with Gasteiger partial charge in [-0.15, -0.1) is 0 Å². The van der Waals surface area contributed by atoms with Gasteiger partial charge >= 0.3 is 0 Å². The van der Waals surface area contributed by atoms with Crippen molar-refractivity contribution in [2.24, 2.45) is 0 Å². The highest BCUT2D eigenvalue weighted by atomic mass is 16.6. The van der Waals surface area contributed by atoms with Gasteiger partial charge in [0, 0.05) is 12.1 Å². The highest BCUT2D eigenvalue weighted by molar-refractivity contribution is 5.95. The van der Waals surface area contributed by atoms with Gasteiger partial charge in [0.15, 0.2) is 0 Å². The molecule has 0 spiro atoms. The fourth-order valence-corrected chi connectivity index (χ4v) is 3.29. The van der Waals surface area contributed by atoms with Crippen molar-refractivity contribution in [2.45, 2.75) is 6.10 Å². The Hall–Kier alpha value is -3.24. The van der Waals surface area contributed by atoms with Crippen LogP contribution in [-0.2, 0) is 0 Å². The molecule has 0 aliphatic heterocycles. The van der Waals surface area contributed by atoms with Crippen molar-refractivity contribution < 1.29 is 10.0 Å². The third-order valence-corrected chi connectivity index (χ3v) is 4.51. The summed E-state index contributed by atoms with van der Waals surface area (Å²) in [5.41, 5.74) is 5.65. The number of nitro groups is 1. The van der Waals surface area contributed by atoms with Crippen molar-refractivity contribution in [1.29, 1.82) is 0 Å². The molecule has 3 aromatic carbocycles. The van der Waals surface area contributed by atoms with E-state index in [0.717, 1.165) is 33.4 Å². The minimum atomic E-state index is -0.651. The molecule has 0 heterocycles. The zero-order chi connectivity index (χ0) is 17.4. The van der Waals surface area contributed by atoms with Crippen LogP contribution in [0.25, 0.3) is 11.6 Å². The van der Waals surface area contributed by atoms with Gasteiger partial charge in [0.05, 0.1) is 4.92 Å². The van der Waals surface area contributed by atoms with Crippen LogP contribution in [0.5, 0.6) is 0 Å². The van der Waals surface area contributed by atoms with Crippen LogP contribution in [0.15, 0.2) is 72.8 Å². The number of aliphatic hydroxyl groups is 1. The molecule has 4 heteroatoms. The van der Waals surface area contributed by atoms with E-state index in [1.807, 2.05) is 54.6 Å². The number of benzene rings is 3. The maximum absolute atomic E-state index is 10.8. The fourth-order valence-electron chi connectivity index (χ4n) is 3.29. The molecular weight excluding hydrogens is 314 g/mol. The number of rotatable bonds is 2. The Labute approximate surface area is 144 Å². The molecule has 0 fully saturated rings. The Bertz CT molecular complexity index is 941. The van der Waals surface area contributed by atoms with Crippen LogP contribution in [-0.4, -0.2) is 10.0 Å². The van der Waals surface area contributed by atoms with Crippen LogP contribution in [0.4, 0.5) is 5.69 Å². The molecule has 0 atom stereocenters. The first-order valence-electron chi connectivity index (χ1n) is 7.98. The topological polar surface area (TPSA) is 63.4 Å². The highest BCUT2D eigenvalue weighted by Gasteiger charge is 2.26. The summed E-state index contributed by atoms with van der Waals surface area (Å²) in [6.07, 6.45) is 1.36. The minimum Gasteiger partial charge on any atom is -0.384 e. The quantitative estimate of drug-likeness (QED) is 0.553. The maximum Gasteiger partial charge on any atom is 0.269 e. The molecule has 25 heavy (non-hydrogen) atoms. The van der Waals surface area contributed by atoms with Gasteiger partial charge in [-0.1, -0.05) is 48.5 Å². The maximum atomic E-state index is 10.8. The lowest BCUT2D eigenvalue weighted by Crippen LogP contribution is -2.12. The zero-order valence-electron chi connectivity index (χ0n) is 13.3. The van der Waals surface area contributed by atoms with E-state index in [4.69, 9.17) is 0 Å². The lowest BCUT2D eigenvalue weighted by molar-refractivity contribution is -0.384. The van der Waals surface area contributed by atoms with E-state index in [1.54, 1.807) is 12.1 Å². The second kappa shape index (κ2) is 6.00. The summed E-state index contributed by atoms with van der Waals surface area (Å²) in [6.45, 7) is 0. The SMILES string of the molecule is O=[N+]([O-])c1ccc(C=C2c3ccccc3C(O)c3ccccc32)cc1. The van der Waals surface area contributed by atoms with Gasteiger partial charge in [0.2, 0.25) is 0 Å². The molecule has 0 saturated heterocycles. The Morgan fingerprint density at radius 3 is 1.88 bits per heavy atom. The summed E-state index contributed by atoms with van der Waals surface area (Å²) in [5.74, 6) is 0. The fraction of sp³-hybridized carbons (Fsp3) is 0.0476. The van der Waals surface area contributed by atoms with Gasteiger partial charge in [-0.05, 0) is 51.6 Å². The summed E-state index contributed by atoms with van der Waals surface area (Å²) >= 11 is 0. The van der Waals surface area contributed by atoms with Crippen LogP contribution in [0.2, 0.25) is 0 Å². The average molecular weight is 329 g/mol. The zero-order valence-corrected chi connectivity index (χ0v) is 13.3. The molecule has 4 nitrogen and oxygen atoms in total. The van der Waals surface area contributed by atoms with E-state index < -0.39 is 11.0 Å². The predicted octanol–water partition coefficient (Wildman–Crippen LogP) is 4.58. The molecule has 1 N–H and O–H groups in total. The number of nitro benzene ring substituents is 1. The summed E-state index contributed by atoms with van der Waals surface area (Å²) in [7, 11) is 0. The Morgan fingerprint density at radius 1 is 0.840 bits per heavy atom. The first-order chi connectivity index (χ1) is 12.1. The molecule has 0 unspecified atom stereocenters. The van der Waals surface area contributed by atoms with Crippen molar-refractivity contribution in [3.05, 3.63) is 111 Å². The van der Waals surface area contributed by atoms with E-state index in [-0.39, 0.29) is 5.69 Å². The van der Waals surface area contributed by atoms with E-state index in [0.29, 0.717) is 0 Å². The van der Waals surface area contributed by atoms with E-state index in [1.165, 1.54) is 12.1 Å². The molecular formula is C21H15NO3. The van der Waals surface area contributed by atoms with Gasteiger partial charge in [0.1, 0.15) is 6.10 Å². The van der Waals surface area contributed by atoms with Crippen LogP contribution in [0.1, 0.15) is 33.9 Å². The van der Waals surface area contributed by atoms with Gasteiger partial charge < -0.3 is 5.11 Å². The number of hydrogen-bond acceptors (Lipinski definition) is 3. The largest absolute Gasteiger partial charge is 0.384 e. The van der Waals surface area contributed by atoms with Crippen molar-refractivity contribution in [3.8, 4) is 0 Å². The Kier molecular flexibility index (Phi) is 3.67. The first-order valence-corrected chi connectivity index (χ1v) is 7.98. The van der Waals surface area contributed by atoms with E-state index in [9.17, 15) is 15.2 Å². The summed E-state index contributed by atoms with van der Waals surface area (Å²) in [5, 5.41) is 21.5. The lowest BCUT2D eigenvalue weighted by atomic mass is 9.80. The molecule has 0 bridgehead atoms. The third kappa shape index (κ3) is 2.62. The first kappa shape index (κ1) is 15.3. The third-order valence-electron chi connectivity index (χ3n) is 4.51. The number of nitrogens with zero attached hydrogens (tertiary/aromatic N) is 1. The molecule has 1 aliphatic carbocycles. The summed E-state index contributed by atoms with van der Waals surface area (Å²) in [6, 6.07) is 22.1. The van der Waals surface area contributed by atoms with Gasteiger partial charge in [-0.25, -0.2) is 0 Å². The molecule has 0 saturated carbocycles.